The highest BCUT2D eigenvalue weighted by atomic mass is 32.2. The lowest BCUT2D eigenvalue weighted by Gasteiger charge is -2.20. The Bertz CT molecular complexity index is 698. The quantitative estimate of drug-likeness (QED) is 0.585. The Balaban J connectivity index is 2.14. The zero-order valence-corrected chi connectivity index (χ0v) is 15.9. The van der Waals surface area contributed by atoms with Gasteiger partial charge in [-0.15, -0.1) is 0 Å². The van der Waals surface area contributed by atoms with Gasteiger partial charge in [0.1, 0.15) is 0 Å². The van der Waals surface area contributed by atoms with Crippen LogP contribution in [0, 0.1) is 5.92 Å². The first-order valence-electron chi connectivity index (χ1n) is 8.74. The van der Waals surface area contributed by atoms with Crippen molar-refractivity contribution < 1.29 is 13.2 Å². The predicted molar refractivity (Wildman–Crippen MR) is 100 cm³/mol. The third kappa shape index (κ3) is 5.17. The minimum Gasteiger partial charge on any atom is -0.386 e. The summed E-state index contributed by atoms with van der Waals surface area (Å²) in [6.07, 6.45) is 2.45. The molecule has 8 heteroatoms. The van der Waals surface area contributed by atoms with E-state index in [9.17, 15) is 13.2 Å². The first-order chi connectivity index (χ1) is 11.9. The maximum Gasteiger partial charge on any atom is 0.243 e. The number of sulfonamides is 1. The molecular formula is C17H28N4O3S. The van der Waals surface area contributed by atoms with E-state index in [2.05, 4.69) is 16.0 Å². The highest BCUT2D eigenvalue weighted by Crippen LogP contribution is 2.28. The number of carbonyl (C=O) groups excluding carboxylic acids is 1. The lowest BCUT2D eigenvalue weighted by atomic mass is 10.2. The van der Waals surface area contributed by atoms with E-state index in [4.69, 9.17) is 0 Å². The standard InChI is InChI=1S/C17H28N4O3S/c1-4-21(5-2)25(23,24)14-8-9-15(18-3)16(10-14)20-17(22)12-19-11-13-6-7-13/h8-10,13,18-19H,4-7,11-12H2,1-3H3,(H,20,22). The number of amides is 1. The van der Waals surface area contributed by atoms with E-state index in [-0.39, 0.29) is 17.3 Å². The number of hydrogen-bond donors (Lipinski definition) is 3. The highest BCUT2D eigenvalue weighted by Gasteiger charge is 2.23. The van der Waals surface area contributed by atoms with E-state index in [1.165, 1.54) is 23.2 Å². The zero-order chi connectivity index (χ0) is 18.4. The summed E-state index contributed by atoms with van der Waals surface area (Å²) in [6, 6.07) is 4.74. The summed E-state index contributed by atoms with van der Waals surface area (Å²) < 4.78 is 26.7. The lowest BCUT2D eigenvalue weighted by Crippen LogP contribution is -2.31. The van der Waals surface area contributed by atoms with Gasteiger partial charge in [-0.25, -0.2) is 8.42 Å². The van der Waals surface area contributed by atoms with E-state index >= 15 is 0 Å². The number of nitrogens with zero attached hydrogens (tertiary/aromatic N) is 1. The van der Waals surface area contributed by atoms with Crippen molar-refractivity contribution >= 4 is 27.3 Å². The smallest absolute Gasteiger partial charge is 0.243 e. The molecule has 2 rings (SSSR count). The summed E-state index contributed by atoms with van der Waals surface area (Å²) in [7, 11) is -1.83. The number of benzene rings is 1. The fraction of sp³-hybridized carbons (Fsp3) is 0.588. The molecule has 0 radical (unpaired) electrons. The van der Waals surface area contributed by atoms with Gasteiger partial charge in [-0.05, 0) is 43.5 Å². The van der Waals surface area contributed by atoms with Gasteiger partial charge in [-0.2, -0.15) is 4.31 Å². The molecule has 25 heavy (non-hydrogen) atoms. The first kappa shape index (κ1) is 19.7. The van der Waals surface area contributed by atoms with E-state index < -0.39 is 10.0 Å². The van der Waals surface area contributed by atoms with Crippen LogP contribution in [0.2, 0.25) is 0 Å². The van der Waals surface area contributed by atoms with Crippen molar-refractivity contribution in [1.82, 2.24) is 9.62 Å². The number of anilines is 2. The fourth-order valence-corrected chi connectivity index (χ4v) is 4.11. The molecule has 1 saturated carbocycles. The monoisotopic (exact) mass is 368 g/mol. The van der Waals surface area contributed by atoms with Crippen LogP contribution in [0.5, 0.6) is 0 Å². The minimum atomic E-state index is -3.57. The third-order valence-corrected chi connectivity index (χ3v) is 6.34. The van der Waals surface area contributed by atoms with Crippen LogP contribution in [0.4, 0.5) is 11.4 Å². The zero-order valence-electron chi connectivity index (χ0n) is 15.1. The topological polar surface area (TPSA) is 90.5 Å². The Kier molecular flexibility index (Phi) is 6.80. The largest absolute Gasteiger partial charge is 0.386 e. The summed E-state index contributed by atoms with van der Waals surface area (Å²) in [6.45, 7) is 5.47. The maximum absolute atomic E-state index is 12.7. The molecule has 1 amide bonds. The first-order valence-corrected chi connectivity index (χ1v) is 10.2. The average Bonchev–Trinajstić information content (AvgIpc) is 3.40. The van der Waals surface area contributed by atoms with Crippen molar-refractivity contribution in [1.29, 1.82) is 0 Å². The second-order valence-electron chi connectivity index (χ2n) is 6.17. The lowest BCUT2D eigenvalue weighted by molar-refractivity contribution is -0.115. The Morgan fingerprint density at radius 3 is 2.44 bits per heavy atom. The van der Waals surface area contributed by atoms with Crippen LogP contribution in [0.1, 0.15) is 26.7 Å². The molecular weight excluding hydrogens is 340 g/mol. The molecule has 3 N–H and O–H groups in total. The number of carbonyl (C=O) groups is 1. The van der Waals surface area contributed by atoms with Crippen LogP contribution in [-0.2, 0) is 14.8 Å². The van der Waals surface area contributed by atoms with Gasteiger partial charge in [0.05, 0.1) is 22.8 Å². The van der Waals surface area contributed by atoms with Crippen molar-refractivity contribution in [3.63, 3.8) is 0 Å². The van der Waals surface area contributed by atoms with Gasteiger partial charge in [0.2, 0.25) is 15.9 Å². The normalized spacial score (nSPS) is 14.6. The minimum absolute atomic E-state index is 0.177. The second kappa shape index (κ2) is 8.64. The van der Waals surface area contributed by atoms with Crippen molar-refractivity contribution in [2.45, 2.75) is 31.6 Å². The van der Waals surface area contributed by atoms with E-state index in [1.54, 1.807) is 33.0 Å². The second-order valence-corrected chi connectivity index (χ2v) is 8.11. The van der Waals surface area contributed by atoms with Gasteiger partial charge in [0, 0.05) is 20.1 Å². The van der Waals surface area contributed by atoms with Crippen LogP contribution in [0.15, 0.2) is 23.1 Å². The summed E-state index contributed by atoms with van der Waals surface area (Å²) in [4.78, 5) is 12.3. The fourth-order valence-electron chi connectivity index (χ4n) is 2.62. The van der Waals surface area contributed by atoms with Crippen LogP contribution < -0.4 is 16.0 Å². The van der Waals surface area contributed by atoms with Gasteiger partial charge >= 0.3 is 0 Å². The van der Waals surface area contributed by atoms with E-state index in [0.29, 0.717) is 30.4 Å². The van der Waals surface area contributed by atoms with Crippen molar-refractivity contribution in [2.24, 2.45) is 5.92 Å². The van der Waals surface area contributed by atoms with Crippen molar-refractivity contribution in [3.05, 3.63) is 18.2 Å². The van der Waals surface area contributed by atoms with Crippen molar-refractivity contribution in [3.8, 4) is 0 Å². The maximum atomic E-state index is 12.7. The molecule has 1 aliphatic carbocycles. The summed E-state index contributed by atoms with van der Waals surface area (Å²) >= 11 is 0. The van der Waals surface area contributed by atoms with Gasteiger partial charge < -0.3 is 16.0 Å². The van der Waals surface area contributed by atoms with Crippen LogP contribution in [-0.4, -0.2) is 51.9 Å². The SMILES string of the molecule is CCN(CC)S(=O)(=O)c1ccc(NC)c(NC(=O)CNCC2CC2)c1. The molecule has 140 valence electrons. The highest BCUT2D eigenvalue weighted by molar-refractivity contribution is 7.89. The summed E-state index contributed by atoms with van der Waals surface area (Å²) in [5, 5.41) is 8.90. The van der Waals surface area contributed by atoms with Crippen molar-refractivity contribution in [2.75, 3.05) is 43.9 Å². The van der Waals surface area contributed by atoms with Gasteiger partial charge in [-0.1, -0.05) is 13.8 Å². The molecule has 1 aromatic carbocycles. The number of nitrogens with one attached hydrogen (secondary N) is 3. The third-order valence-electron chi connectivity index (χ3n) is 4.29. The molecule has 0 bridgehead atoms. The molecule has 0 spiro atoms. The Morgan fingerprint density at radius 1 is 1.20 bits per heavy atom. The Morgan fingerprint density at radius 2 is 1.88 bits per heavy atom. The molecule has 0 atom stereocenters. The van der Waals surface area contributed by atoms with E-state index in [1.807, 2.05) is 0 Å². The van der Waals surface area contributed by atoms with Gasteiger partial charge in [0.25, 0.3) is 0 Å². The molecule has 0 aromatic heterocycles. The predicted octanol–water partition coefficient (Wildman–Crippen LogP) is 1.70. The van der Waals surface area contributed by atoms with Crippen LogP contribution in [0.25, 0.3) is 0 Å². The van der Waals surface area contributed by atoms with E-state index in [0.717, 1.165) is 6.54 Å². The molecule has 0 unspecified atom stereocenters. The number of rotatable bonds is 10. The number of hydrogen-bond acceptors (Lipinski definition) is 5. The summed E-state index contributed by atoms with van der Waals surface area (Å²) in [5.41, 5.74) is 1.14. The van der Waals surface area contributed by atoms with Crippen LogP contribution in [0.3, 0.4) is 0 Å². The molecule has 1 aliphatic rings. The van der Waals surface area contributed by atoms with Gasteiger partial charge in [-0.3, -0.25) is 4.79 Å². The molecule has 7 nitrogen and oxygen atoms in total. The molecule has 0 heterocycles. The molecule has 0 aliphatic heterocycles. The Labute approximate surface area is 150 Å². The van der Waals surface area contributed by atoms with Gasteiger partial charge in [0.15, 0.2) is 0 Å². The molecule has 0 saturated heterocycles. The van der Waals surface area contributed by atoms with Crippen LogP contribution >= 0.6 is 0 Å². The molecule has 1 fully saturated rings. The molecule has 1 aromatic rings. The Hall–Kier alpha value is -1.64. The summed E-state index contributed by atoms with van der Waals surface area (Å²) in [5.74, 6) is 0.512. The average molecular weight is 369 g/mol.